The molecule has 1 aliphatic rings. The lowest BCUT2D eigenvalue weighted by atomic mass is 10.1. The quantitative estimate of drug-likeness (QED) is 0.824. The summed E-state index contributed by atoms with van der Waals surface area (Å²) < 4.78 is 10.5. The van der Waals surface area contributed by atoms with Crippen LogP contribution in [0.3, 0.4) is 0 Å². The van der Waals surface area contributed by atoms with Crippen LogP contribution in [0.25, 0.3) is 0 Å². The van der Waals surface area contributed by atoms with E-state index in [1.54, 1.807) is 14.2 Å². The zero-order valence-corrected chi connectivity index (χ0v) is 10.9. The first-order chi connectivity index (χ1) is 8.78. The van der Waals surface area contributed by atoms with Gasteiger partial charge in [-0.25, -0.2) is 5.90 Å². The summed E-state index contributed by atoms with van der Waals surface area (Å²) in [5, 5.41) is 0. The summed E-state index contributed by atoms with van der Waals surface area (Å²) in [4.78, 5) is 7.19. The van der Waals surface area contributed by atoms with Gasteiger partial charge in [0.25, 0.3) is 0 Å². The maximum Gasteiger partial charge on any atom is 0.162 e. The lowest BCUT2D eigenvalue weighted by Gasteiger charge is -2.32. The number of anilines is 1. The molecule has 1 saturated heterocycles. The van der Waals surface area contributed by atoms with Crippen molar-refractivity contribution in [2.24, 2.45) is 5.90 Å². The van der Waals surface area contributed by atoms with Crippen LogP contribution in [-0.4, -0.2) is 33.4 Å². The van der Waals surface area contributed by atoms with E-state index in [9.17, 15) is 0 Å². The third kappa shape index (κ3) is 2.68. The number of rotatable bonds is 4. The number of nitrogens with two attached hydrogens (primary N) is 1. The van der Waals surface area contributed by atoms with Gasteiger partial charge in [0.15, 0.2) is 11.5 Å². The molecule has 5 nitrogen and oxygen atoms in total. The van der Waals surface area contributed by atoms with Crippen LogP contribution in [0.5, 0.6) is 11.5 Å². The predicted molar refractivity (Wildman–Crippen MR) is 70.1 cm³/mol. The minimum Gasteiger partial charge on any atom is -0.493 e. The van der Waals surface area contributed by atoms with Gasteiger partial charge in [-0.05, 0) is 25.0 Å². The summed E-state index contributed by atoms with van der Waals surface area (Å²) in [6.07, 6.45) is 2.08. The van der Waals surface area contributed by atoms with Gasteiger partial charge in [0.2, 0.25) is 0 Å². The van der Waals surface area contributed by atoms with Gasteiger partial charge in [-0.1, -0.05) is 0 Å². The molecule has 2 N–H and O–H groups in total. The van der Waals surface area contributed by atoms with E-state index >= 15 is 0 Å². The Hall–Kier alpha value is -1.46. The van der Waals surface area contributed by atoms with E-state index in [4.69, 9.17) is 20.2 Å². The van der Waals surface area contributed by atoms with Crippen LogP contribution in [0.1, 0.15) is 12.8 Å². The molecule has 0 unspecified atom stereocenters. The number of piperidine rings is 1. The van der Waals surface area contributed by atoms with Crippen LogP contribution in [0.4, 0.5) is 5.69 Å². The molecule has 18 heavy (non-hydrogen) atoms. The molecule has 1 aliphatic heterocycles. The summed E-state index contributed by atoms with van der Waals surface area (Å²) in [5.41, 5.74) is 1.14. The molecule has 0 aliphatic carbocycles. The first-order valence-corrected chi connectivity index (χ1v) is 6.11. The van der Waals surface area contributed by atoms with Gasteiger partial charge in [-0.2, -0.15) is 0 Å². The van der Waals surface area contributed by atoms with E-state index in [-0.39, 0.29) is 6.10 Å². The topological polar surface area (TPSA) is 57.0 Å². The van der Waals surface area contributed by atoms with Gasteiger partial charge in [0, 0.05) is 24.8 Å². The Labute approximate surface area is 107 Å². The minimum absolute atomic E-state index is 0.182. The Balaban J connectivity index is 2.09. The van der Waals surface area contributed by atoms with Crippen molar-refractivity contribution in [3.05, 3.63) is 18.2 Å². The van der Waals surface area contributed by atoms with E-state index in [1.807, 2.05) is 18.2 Å². The van der Waals surface area contributed by atoms with Gasteiger partial charge in [-0.3, -0.25) is 0 Å². The van der Waals surface area contributed by atoms with Gasteiger partial charge < -0.3 is 19.2 Å². The van der Waals surface area contributed by atoms with Gasteiger partial charge >= 0.3 is 0 Å². The zero-order valence-electron chi connectivity index (χ0n) is 10.9. The molecule has 0 spiro atoms. The summed E-state index contributed by atoms with van der Waals surface area (Å²) in [6.45, 7) is 1.88. The molecule has 0 bridgehead atoms. The second-order valence-electron chi connectivity index (χ2n) is 4.36. The van der Waals surface area contributed by atoms with Crippen molar-refractivity contribution in [2.75, 3.05) is 32.2 Å². The van der Waals surface area contributed by atoms with Gasteiger partial charge in [0.1, 0.15) is 0 Å². The average Bonchev–Trinajstić information content (AvgIpc) is 2.46. The summed E-state index contributed by atoms with van der Waals surface area (Å²) in [5.74, 6) is 6.72. The Morgan fingerprint density at radius 3 is 2.33 bits per heavy atom. The molecule has 100 valence electrons. The number of hydrogen-bond acceptors (Lipinski definition) is 5. The van der Waals surface area contributed by atoms with Gasteiger partial charge in [0.05, 0.1) is 20.3 Å². The van der Waals surface area contributed by atoms with Crippen LogP contribution in [0.2, 0.25) is 0 Å². The van der Waals surface area contributed by atoms with Crippen molar-refractivity contribution in [1.29, 1.82) is 0 Å². The van der Waals surface area contributed by atoms with Crippen molar-refractivity contribution >= 4 is 5.69 Å². The Morgan fingerprint density at radius 1 is 1.11 bits per heavy atom. The van der Waals surface area contributed by atoms with Crippen LogP contribution in [0, 0.1) is 0 Å². The van der Waals surface area contributed by atoms with Crippen LogP contribution in [-0.2, 0) is 4.84 Å². The normalized spacial score (nSPS) is 16.7. The number of benzene rings is 1. The second-order valence-corrected chi connectivity index (χ2v) is 4.36. The predicted octanol–water partition coefficient (Wildman–Crippen LogP) is 1.56. The summed E-state index contributed by atoms with van der Waals surface area (Å²) >= 11 is 0. The Kier molecular flexibility index (Phi) is 4.28. The standard InChI is InChI=1S/C13H20N2O3/c1-16-12-4-3-10(9-13(12)17-2)15-7-5-11(18-14)6-8-15/h3-4,9,11H,5-8,14H2,1-2H3. The maximum atomic E-state index is 5.31. The minimum atomic E-state index is 0.182. The van der Waals surface area contributed by atoms with Crippen molar-refractivity contribution in [3.63, 3.8) is 0 Å². The second kappa shape index (κ2) is 5.93. The molecule has 0 aromatic heterocycles. The molecule has 0 atom stereocenters. The van der Waals surface area contributed by atoms with Crippen LogP contribution < -0.4 is 20.3 Å². The molecule has 1 heterocycles. The molecule has 1 aromatic carbocycles. The molecule has 1 fully saturated rings. The van der Waals surface area contributed by atoms with E-state index in [1.165, 1.54) is 0 Å². The highest BCUT2D eigenvalue weighted by Gasteiger charge is 2.20. The number of methoxy groups -OCH3 is 2. The van der Waals surface area contributed by atoms with Crippen molar-refractivity contribution in [3.8, 4) is 11.5 Å². The van der Waals surface area contributed by atoms with Crippen molar-refractivity contribution in [2.45, 2.75) is 18.9 Å². The molecule has 1 aromatic rings. The molecule has 0 radical (unpaired) electrons. The van der Waals surface area contributed by atoms with Gasteiger partial charge in [-0.15, -0.1) is 0 Å². The zero-order chi connectivity index (χ0) is 13.0. The lowest BCUT2D eigenvalue weighted by molar-refractivity contribution is 0.0367. The third-order valence-electron chi connectivity index (χ3n) is 3.37. The highest BCUT2D eigenvalue weighted by atomic mass is 16.6. The molecule has 0 saturated carbocycles. The Morgan fingerprint density at radius 2 is 1.78 bits per heavy atom. The van der Waals surface area contributed by atoms with E-state index < -0.39 is 0 Å². The van der Waals surface area contributed by atoms with E-state index in [2.05, 4.69) is 4.90 Å². The molecule has 5 heteroatoms. The fraction of sp³-hybridized carbons (Fsp3) is 0.538. The third-order valence-corrected chi connectivity index (χ3v) is 3.37. The lowest BCUT2D eigenvalue weighted by Crippen LogP contribution is -2.38. The number of nitrogens with zero attached hydrogens (tertiary/aromatic N) is 1. The fourth-order valence-electron chi connectivity index (χ4n) is 2.27. The van der Waals surface area contributed by atoms with Crippen LogP contribution in [0.15, 0.2) is 18.2 Å². The first-order valence-electron chi connectivity index (χ1n) is 6.11. The first kappa shape index (κ1) is 13.0. The molecule has 0 amide bonds. The maximum absolute atomic E-state index is 5.31. The SMILES string of the molecule is COc1ccc(N2CCC(ON)CC2)cc1OC. The van der Waals surface area contributed by atoms with Crippen molar-refractivity contribution in [1.82, 2.24) is 0 Å². The Bertz CT molecular complexity index is 390. The van der Waals surface area contributed by atoms with E-state index in [0.717, 1.165) is 43.1 Å². The largest absolute Gasteiger partial charge is 0.493 e. The number of hydrogen-bond donors (Lipinski definition) is 1. The molecular weight excluding hydrogens is 232 g/mol. The smallest absolute Gasteiger partial charge is 0.162 e. The highest BCUT2D eigenvalue weighted by molar-refractivity contribution is 5.56. The average molecular weight is 252 g/mol. The summed E-state index contributed by atoms with van der Waals surface area (Å²) in [6, 6.07) is 5.98. The van der Waals surface area contributed by atoms with E-state index in [0.29, 0.717) is 0 Å². The molecular formula is C13H20N2O3. The fourth-order valence-corrected chi connectivity index (χ4v) is 2.27. The monoisotopic (exact) mass is 252 g/mol. The summed E-state index contributed by atoms with van der Waals surface area (Å²) in [7, 11) is 3.29. The van der Waals surface area contributed by atoms with Crippen molar-refractivity contribution < 1.29 is 14.3 Å². The number of ether oxygens (including phenoxy) is 2. The van der Waals surface area contributed by atoms with Crippen LogP contribution >= 0.6 is 0 Å². The highest BCUT2D eigenvalue weighted by Crippen LogP contribution is 2.32. The molecule has 2 rings (SSSR count).